The summed E-state index contributed by atoms with van der Waals surface area (Å²) in [5.41, 5.74) is 6.60. The molecule has 15 nitrogen and oxygen atoms in total. The van der Waals surface area contributed by atoms with Gasteiger partial charge in [-0.3, -0.25) is 44.1 Å². The van der Waals surface area contributed by atoms with E-state index in [0.29, 0.717) is 56.4 Å². The van der Waals surface area contributed by atoms with E-state index in [0.717, 1.165) is 101 Å². The summed E-state index contributed by atoms with van der Waals surface area (Å²) in [6, 6.07) is 29.3. The van der Waals surface area contributed by atoms with Gasteiger partial charge in [0.2, 0.25) is 11.8 Å². The van der Waals surface area contributed by atoms with Crippen LogP contribution in [0.15, 0.2) is 109 Å². The van der Waals surface area contributed by atoms with Gasteiger partial charge in [0.15, 0.2) is 5.82 Å². The van der Waals surface area contributed by atoms with Gasteiger partial charge in [-0.1, -0.05) is 48.2 Å². The van der Waals surface area contributed by atoms with Gasteiger partial charge in [0, 0.05) is 73.6 Å². The van der Waals surface area contributed by atoms with Crippen LogP contribution in [0.25, 0.3) is 22.3 Å². The van der Waals surface area contributed by atoms with Crippen molar-refractivity contribution in [2.45, 2.75) is 57.7 Å². The normalized spacial score (nSPS) is 17.2. The monoisotopic (exact) mass is 936 g/mol. The van der Waals surface area contributed by atoms with E-state index in [9.17, 15) is 24.0 Å². The molecule has 0 spiro atoms. The van der Waals surface area contributed by atoms with Crippen LogP contribution in [0.2, 0.25) is 0 Å². The molecule has 6 heterocycles. The second kappa shape index (κ2) is 20.8. The number of hydrogen-bond acceptors (Lipinski definition) is 12. The maximum atomic E-state index is 13.6. The third-order valence-electron chi connectivity index (χ3n) is 13.3. The first kappa shape index (κ1) is 46.0. The van der Waals surface area contributed by atoms with E-state index in [4.69, 9.17) is 14.5 Å². The number of piperidine rings is 1. The minimum absolute atomic E-state index is 0.0305. The molecule has 6 aromatic rings. The minimum Gasteiger partial charge on any atom is -0.493 e. The zero-order valence-corrected chi connectivity index (χ0v) is 38.8. The quantitative estimate of drug-likeness (QED) is 0.0760. The highest BCUT2D eigenvalue weighted by molar-refractivity contribution is 6.24. The fraction of sp³-hybridized carbons (Fsp3) is 0.309. The number of nitrogens with zero attached hydrogens (tertiary/aromatic N) is 7. The number of aromatic nitrogens is 3. The Morgan fingerprint density at radius 1 is 0.771 bits per heavy atom. The molecule has 0 bridgehead atoms. The summed E-state index contributed by atoms with van der Waals surface area (Å²) < 4.78 is 12.1. The fourth-order valence-corrected chi connectivity index (χ4v) is 9.36. The van der Waals surface area contributed by atoms with Crippen molar-refractivity contribution in [2.75, 3.05) is 52.4 Å². The first-order chi connectivity index (χ1) is 34.2. The molecule has 0 saturated carbocycles. The average Bonchev–Trinajstić information content (AvgIpc) is 3.65. The van der Waals surface area contributed by atoms with E-state index in [1.165, 1.54) is 0 Å². The SMILES string of the molecule is O=C1CCC(N2C(=O)c3cccc(OCCCCCN4CCN(CC#Cc5ccc(OCc6ccc(C(=O)N7CCc8cnc(-c9cnc%10ccccc%10c9)nc8C7)cc6)cc5)CC4)c3C2=O)C(=O)N1. The van der Waals surface area contributed by atoms with Crippen LogP contribution in [-0.4, -0.2) is 123 Å². The Kier molecular flexibility index (Phi) is 13.7. The maximum absolute atomic E-state index is 13.6. The molecule has 10 rings (SSSR count). The first-order valence-electron chi connectivity index (χ1n) is 24.0. The van der Waals surface area contributed by atoms with Gasteiger partial charge in [-0.15, -0.1) is 0 Å². The molecule has 2 aromatic heterocycles. The van der Waals surface area contributed by atoms with Crippen LogP contribution in [0.3, 0.4) is 0 Å². The molecule has 1 unspecified atom stereocenters. The lowest BCUT2D eigenvalue weighted by molar-refractivity contribution is -0.136. The van der Waals surface area contributed by atoms with Gasteiger partial charge in [0.1, 0.15) is 24.1 Å². The summed E-state index contributed by atoms with van der Waals surface area (Å²) >= 11 is 0. The van der Waals surface area contributed by atoms with Gasteiger partial charge < -0.3 is 19.3 Å². The molecule has 2 fully saturated rings. The van der Waals surface area contributed by atoms with Crippen molar-refractivity contribution in [1.82, 2.24) is 39.9 Å². The topological polar surface area (TPSA) is 167 Å². The molecule has 354 valence electrons. The lowest BCUT2D eigenvalue weighted by Crippen LogP contribution is -2.54. The largest absolute Gasteiger partial charge is 0.493 e. The minimum atomic E-state index is -1.01. The second-order valence-corrected chi connectivity index (χ2v) is 18.0. The number of amides is 5. The molecule has 70 heavy (non-hydrogen) atoms. The number of carbonyl (C=O) groups is 5. The first-order valence-corrected chi connectivity index (χ1v) is 24.0. The number of benzene rings is 4. The number of nitrogens with one attached hydrogen (secondary N) is 1. The van der Waals surface area contributed by atoms with Crippen molar-refractivity contribution >= 4 is 40.4 Å². The number of imide groups is 2. The molecule has 0 radical (unpaired) electrons. The van der Waals surface area contributed by atoms with Gasteiger partial charge in [-0.2, -0.15) is 0 Å². The lowest BCUT2D eigenvalue weighted by Gasteiger charge is -2.33. The molecule has 15 heteroatoms. The molecule has 2 saturated heterocycles. The van der Waals surface area contributed by atoms with E-state index >= 15 is 0 Å². The summed E-state index contributed by atoms with van der Waals surface area (Å²) in [5, 5.41) is 3.25. The van der Waals surface area contributed by atoms with Crippen LogP contribution in [0, 0.1) is 11.8 Å². The highest BCUT2D eigenvalue weighted by Gasteiger charge is 2.46. The summed E-state index contributed by atoms with van der Waals surface area (Å²) in [6.07, 6.45) is 7.33. The van der Waals surface area contributed by atoms with Crippen molar-refractivity contribution < 1.29 is 33.4 Å². The van der Waals surface area contributed by atoms with Gasteiger partial charge >= 0.3 is 0 Å². The smallest absolute Gasteiger partial charge is 0.266 e. The summed E-state index contributed by atoms with van der Waals surface area (Å²) in [6.45, 7) is 7.37. The van der Waals surface area contributed by atoms with Crippen LogP contribution in [-0.2, 0) is 29.2 Å². The van der Waals surface area contributed by atoms with E-state index < -0.39 is 29.7 Å². The number of rotatable bonds is 14. The van der Waals surface area contributed by atoms with Crippen LogP contribution in [0.4, 0.5) is 0 Å². The molecule has 4 aromatic carbocycles. The molecule has 1 N–H and O–H groups in total. The average molecular weight is 937 g/mol. The molecule has 1 atom stereocenters. The van der Waals surface area contributed by atoms with E-state index in [1.807, 2.05) is 90.0 Å². The van der Waals surface area contributed by atoms with Crippen molar-refractivity contribution in [3.63, 3.8) is 0 Å². The fourth-order valence-electron chi connectivity index (χ4n) is 9.36. The maximum Gasteiger partial charge on any atom is 0.266 e. The number of carbonyl (C=O) groups excluding carboxylic acids is 5. The second-order valence-electron chi connectivity index (χ2n) is 18.0. The highest BCUT2D eigenvalue weighted by atomic mass is 16.5. The van der Waals surface area contributed by atoms with Gasteiger partial charge in [0.05, 0.1) is 42.0 Å². The number of ether oxygens (including phenoxy) is 2. The highest BCUT2D eigenvalue weighted by Crippen LogP contribution is 2.34. The van der Waals surface area contributed by atoms with Crippen LogP contribution >= 0.6 is 0 Å². The van der Waals surface area contributed by atoms with Crippen molar-refractivity contribution in [2.24, 2.45) is 0 Å². The number of fused-ring (bicyclic) bond motifs is 3. The van der Waals surface area contributed by atoms with Gasteiger partial charge in [-0.25, -0.2) is 9.97 Å². The van der Waals surface area contributed by atoms with Crippen LogP contribution in [0.5, 0.6) is 11.5 Å². The third-order valence-corrected chi connectivity index (χ3v) is 13.3. The molecule has 0 aliphatic carbocycles. The Balaban J connectivity index is 0.611. The Hall–Kier alpha value is -7.80. The molecular formula is C55H52N8O7. The number of unbranched alkanes of at least 4 members (excludes halogenated alkanes) is 2. The van der Waals surface area contributed by atoms with E-state index in [1.54, 1.807) is 24.4 Å². The Morgan fingerprint density at radius 3 is 2.41 bits per heavy atom. The number of piperazine rings is 1. The number of pyridine rings is 1. The summed E-state index contributed by atoms with van der Waals surface area (Å²) in [7, 11) is 0. The molecule has 5 amide bonds. The zero-order valence-electron chi connectivity index (χ0n) is 38.8. The van der Waals surface area contributed by atoms with Crippen molar-refractivity contribution in [3.05, 3.63) is 149 Å². The zero-order chi connectivity index (χ0) is 48.0. The Morgan fingerprint density at radius 2 is 1.59 bits per heavy atom. The van der Waals surface area contributed by atoms with Gasteiger partial charge in [0.25, 0.3) is 17.7 Å². The van der Waals surface area contributed by atoms with E-state index in [-0.39, 0.29) is 29.9 Å². The van der Waals surface area contributed by atoms with Crippen molar-refractivity contribution in [3.8, 4) is 34.7 Å². The third kappa shape index (κ3) is 10.3. The molecular weight excluding hydrogens is 885 g/mol. The Bertz CT molecular complexity index is 3030. The van der Waals surface area contributed by atoms with Crippen LogP contribution in [0.1, 0.15) is 85.6 Å². The number of hydrogen-bond donors (Lipinski definition) is 1. The molecule has 4 aliphatic rings. The van der Waals surface area contributed by atoms with Crippen molar-refractivity contribution in [1.29, 1.82) is 0 Å². The molecule has 4 aliphatic heterocycles. The van der Waals surface area contributed by atoms with Gasteiger partial charge in [-0.05, 0) is 110 Å². The van der Waals surface area contributed by atoms with Crippen LogP contribution < -0.4 is 14.8 Å². The van der Waals surface area contributed by atoms with E-state index in [2.05, 4.69) is 36.9 Å². The standard InChI is InChI=1S/C55H52N8O7/c64-49-22-21-47(52(65)59-49)63-54(67)44-10-6-12-48(50(44)55(63)68)69-31-5-1-4-24-60-27-29-61(30-28-60)25-7-8-37-15-19-43(20-16-37)70-36-38-13-17-39(18-14-38)53(66)62-26-23-41-33-57-51(58-46(41)35-62)42-32-40-9-2-3-11-45(40)56-34-42/h2-3,6,9-20,32-34,47H,1,4-5,21-31,35-36H2,(H,59,64,65). The predicted molar refractivity (Wildman–Crippen MR) is 261 cm³/mol. The summed E-state index contributed by atoms with van der Waals surface area (Å²) in [4.78, 5) is 85.7. The lowest BCUT2D eigenvalue weighted by atomic mass is 10.0. The summed E-state index contributed by atoms with van der Waals surface area (Å²) in [5.74, 6) is 6.14. The number of para-hydroxylation sites is 1. The predicted octanol–water partition coefficient (Wildman–Crippen LogP) is 6.09. The Labute approximate surface area is 405 Å².